The van der Waals surface area contributed by atoms with Crippen molar-refractivity contribution in [3.63, 3.8) is 0 Å². The van der Waals surface area contributed by atoms with Gasteiger partial charge >= 0.3 is 0 Å². The summed E-state index contributed by atoms with van der Waals surface area (Å²) in [6.45, 7) is 5.28. The summed E-state index contributed by atoms with van der Waals surface area (Å²) < 4.78 is 10.8. The third-order valence-electron chi connectivity index (χ3n) is 3.63. The highest BCUT2D eigenvalue weighted by molar-refractivity contribution is 5.04. The van der Waals surface area contributed by atoms with Crippen LogP contribution in [-0.2, 0) is 11.3 Å². The van der Waals surface area contributed by atoms with Gasteiger partial charge in [0.15, 0.2) is 0 Å². The van der Waals surface area contributed by atoms with Crippen LogP contribution in [0.1, 0.15) is 18.4 Å². The second kappa shape index (κ2) is 5.21. The lowest BCUT2D eigenvalue weighted by Gasteiger charge is -2.32. The van der Waals surface area contributed by atoms with Crippen molar-refractivity contribution in [3.8, 4) is 0 Å². The van der Waals surface area contributed by atoms with Gasteiger partial charge in [0.1, 0.15) is 0 Å². The number of ether oxygens (including phenoxy) is 1. The van der Waals surface area contributed by atoms with Crippen molar-refractivity contribution in [2.24, 2.45) is 0 Å². The van der Waals surface area contributed by atoms with Gasteiger partial charge in [0.25, 0.3) is 0 Å². The first kappa shape index (κ1) is 11.3. The number of hydrogen-bond acceptors (Lipinski definition) is 4. The van der Waals surface area contributed by atoms with Crippen LogP contribution in [0.2, 0.25) is 0 Å². The second-order valence-corrected chi connectivity index (χ2v) is 5.03. The molecule has 2 saturated heterocycles. The van der Waals surface area contributed by atoms with E-state index >= 15 is 0 Å². The number of rotatable bonds is 5. The molecule has 2 aliphatic rings. The van der Waals surface area contributed by atoms with E-state index in [4.69, 9.17) is 9.15 Å². The predicted molar refractivity (Wildman–Crippen MR) is 64.7 cm³/mol. The maximum atomic E-state index is 5.82. The fraction of sp³-hybridized carbons (Fsp3) is 0.692. The van der Waals surface area contributed by atoms with Crippen LogP contribution in [0.3, 0.4) is 0 Å². The first-order valence-corrected chi connectivity index (χ1v) is 6.50. The summed E-state index contributed by atoms with van der Waals surface area (Å²) in [7, 11) is 0. The maximum Gasteiger partial charge on any atom is 0.0947 e. The zero-order valence-electron chi connectivity index (χ0n) is 10.1. The van der Waals surface area contributed by atoms with E-state index in [1.165, 1.54) is 18.4 Å². The quantitative estimate of drug-likeness (QED) is 0.780. The Balaban J connectivity index is 1.34. The van der Waals surface area contributed by atoms with E-state index in [1.807, 2.05) is 6.07 Å². The first-order chi connectivity index (χ1) is 8.40. The zero-order valence-corrected chi connectivity index (χ0v) is 10.1. The smallest absolute Gasteiger partial charge is 0.0947 e. The zero-order chi connectivity index (χ0) is 11.5. The minimum Gasteiger partial charge on any atom is -0.472 e. The molecule has 0 radical (unpaired) electrons. The molecule has 2 fully saturated rings. The minimum atomic E-state index is 0.502. The average molecular weight is 236 g/mol. The fourth-order valence-corrected chi connectivity index (χ4v) is 2.74. The Morgan fingerprint density at radius 3 is 2.82 bits per heavy atom. The summed E-state index contributed by atoms with van der Waals surface area (Å²) in [6, 6.07) is 2.00. The molecule has 17 heavy (non-hydrogen) atoms. The summed E-state index contributed by atoms with van der Waals surface area (Å²) in [5, 5.41) is 3.44. The minimum absolute atomic E-state index is 0.502. The van der Waals surface area contributed by atoms with Gasteiger partial charge in [0.05, 0.1) is 24.7 Å². The molecule has 0 aromatic carbocycles. The highest BCUT2D eigenvalue weighted by atomic mass is 16.5. The van der Waals surface area contributed by atoms with Crippen LogP contribution in [0.15, 0.2) is 23.0 Å². The second-order valence-electron chi connectivity index (χ2n) is 5.03. The van der Waals surface area contributed by atoms with Crippen LogP contribution in [0.25, 0.3) is 0 Å². The van der Waals surface area contributed by atoms with Gasteiger partial charge in [-0.1, -0.05) is 0 Å². The molecule has 0 saturated carbocycles. The monoisotopic (exact) mass is 236 g/mol. The highest BCUT2D eigenvalue weighted by Gasteiger charge is 2.33. The van der Waals surface area contributed by atoms with Crippen molar-refractivity contribution in [3.05, 3.63) is 24.2 Å². The molecule has 0 amide bonds. The predicted octanol–water partition coefficient (Wildman–Crippen LogP) is 1.23. The lowest BCUT2D eigenvalue weighted by molar-refractivity contribution is -0.0376. The molecule has 0 aliphatic carbocycles. The van der Waals surface area contributed by atoms with Crippen molar-refractivity contribution in [1.82, 2.24) is 10.2 Å². The molecule has 4 nitrogen and oxygen atoms in total. The number of fused-ring (bicyclic) bond motifs is 2. The van der Waals surface area contributed by atoms with E-state index in [9.17, 15) is 0 Å². The number of likely N-dealkylation sites (tertiary alicyclic amines) is 1. The van der Waals surface area contributed by atoms with Crippen LogP contribution < -0.4 is 5.32 Å². The molecule has 3 rings (SSSR count). The fourth-order valence-electron chi connectivity index (χ4n) is 2.74. The SMILES string of the molecule is c1cc(CNCCN2CC3CCC(C2)O3)co1. The van der Waals surface area contributed by atoms with Gasteiger partial charge < -0.3 is 14.5 Å². The van der Waals surface area contributed by atoms with Gasteiger partial charge in [0.2, 0.25) is 0 Å². The van der Waals surface area contributed by atoms with Gasteiger partial charge in [-0.05, 0) is 18.9 Å². The van der Waals surface area contributed by atoms with Crippen molar-refractivity contribution < 1.29 is 9.15 Å². The van der Waals surface area contributed by atoms with Crippen LogP contribution in [0, 0.1) is 0 Å². The van der Waals surface area contributed by atoms with Gasteiger partial charge in [0, 0.05) is 38.3 Å². The highest BCUT2D eigenvalue weighted by Crippen LogP contribution is 2.25. The third kappa shape index (κ3) is 2.89. The lowest BCUT2D eigenvalue weighted by atomic mass is 10.2. The van der Waals surface area contributed by atoms with Crippen LogP contribution >= 0.6 is 0 Å². The Kier molecular flexibility index (Phi) is 3.45. The van der Waals surface area contributed by atoms with E-state index in [1.54, 1.807) is 12.5 Å². The Hall–Kier alpha value is -0.840. The summed E-state index contributed by atoms with van der Waals surface area (Å²) >= 11 is 0. The van der Waals surface area contributed by atoms with Crippen LogP contribution in [0.5, 0.6) is 0 Å². The van der Waals surface area contributed by atoms with E-state index in [2.05, 4.69) is 10.2 Å². The van der Waals surface area contributed by atoms with E-state index in [0.29, 0.717) is 12.2 Å². The number of hydrogen-bond donors (Lipinski definition) is 1. The Morgan fingerprint density at radius 2 is 2.12 bits per heavy atom. The molecule has 2 unspecified atom stereocenters. The topological polar surface area (TPSA) is 37.6 Å². The van der Waals surface area contributed by atoms with E-state index < -0.39 is 0 Å². The molecule has 1 N–H and O–H groups in total. The molecular formula is C13H20N2O2. The molecule has 1 aromatic rings. The Morgan fingerprint density at radius 1 is 1.29 bits per heavy atom. The largest absolute Gasteiger partial charge is 0.472 e. The molecule has 1 aromatic heterocycles. The molecule has 3 heterocycles. The van der Waals surface area contributed by atoms with E-state index in [0.717, 1.165) is 32.7 Å². The molecule has 4 heteroatoms. The summed E-state index contributed by atoms with van der Waals surface area (Å²) in [4.78, 5) is 2.52. The number of nitrogens with zero attached hydrogens (tertiary/aromatic N) is 1. The summed E-state index contributed by atoms with van der Waals surface area (Å²) in [6.07, 6.45) is 7.02. The van der Waals surface area contributed by atoms with Crippen molar-refractivity contribution >= 4 is 0 Å². The molecule has 94 valence electrons. The lowest BCUT2D eigenvalue weighted by Crippen LogP contribution is -2.45. The number of nitrogens with one attached hydrogen (secondary N) is 1. The Labute approximate surface area is 102 Å². The molecular weight excluding hydrogens is 216 g/mol. The van der Waals surface area contributed by atoms with Gasteiger partial charge in [-0.2, -0.15) is 0 Å². The summed E-state index contributed by atoms with van der Waals surface area (Å²) in [5.74, 6) is 0. The van der Waals surface area contributed by atoms with Crippen molar-refractivity contribution in [2.45, 2.75) is 31.6 Å². The normalized spacial score (nSPS) is 28.7. The van der Waals surface area contributed by atoms with Crippen LogP contribution in [0.4, 0.5) is 0 Å². The molecule has 2 bridgehead atoms. The van der Waals surface area contributed by atoms with Gasteiger partial charge in [-0.3, -0.25) is 4.90 Å². The number of morpholine rings is 1. The van der Waals surface area contributed by atoms with E-state index in [-0.39, 0.29) is 0 Å². The standard InChI is InChI=1S/C13H20N2O2/c1-2-13-9-15(8-12(1)17-13)5-4-14-7-11-3-6-16-10-11/h3,6,10,12-14H,1-2,4-5,7-9H2. The first-order valence-electron chi connectivity index (χ1n) is 6.50. The molecule has 2 atom stereocenters. The van der Waals surface area contributed by atoms with Gasteiger partial charge in [-0.25, -0.2) is 0 Å². The maximum absolute atomic E-state index is 5.82. The van der Waals surface area contributed by atoms with Crippen LogP contribution in [-0.4, -0.2) is 43.3 Å². The number of furan rings is 1. The third-order valence-corrected chi connectivity index (χ3v) is 3.63. The summed E-state index contributed by atoms with van der Waals surface area (Å²) in [5.41, 5.74) is 1.21. The Bertz CT molecular complexity index is 327. The van der Waals surface area contributed by atoms with Crippen molar-refractivity contribution in [1.29, 1.82) is 0 Å². The molecule has 0 spiro atoms. The van der Waals surface area contributed by atoms with Gasteiger partial charge in [-0.15, -0.1) is 0 Å². The molecule has 2 aliphatic heterocycles. The van der Waals surface area contributed by atoms with Crippen molar-refractivity contribution in [2.75, 3.05) is 26.2 Å². The average Bonchev–Trinajstić information content (AvgIpc) is 2.95.